The molecule has 0 spiro atoms. The Bertz CT molecular complexity index is 1060. The van der Waals surface area contributed by atoms with Crippen LogP contribution in [0.4, 0.5) is 0 Å². The Morgan fingerprint density at radius 1 is 1.13 bits per heavy atom. The third-order valence-corrected chi connectivity index (χ3v) is 12.1. The normalized spacial score (nSPS) is 38.3. The van der Waals surface area contributed by atoms with Crippen molar-refractivity contribution in [2.45, 2.75) is 121 Å². The van der Waals surface area contributed by atoms with E-state index >= 15 is 0 Å². The van der Waals surface area contributed by atoms with Crippen LogP contribution in [0.2, 0.25) is 0 Å². The van der Waals surface area contributed by atoms with Crippen molar-refractivity contribution in [3.8, 4) is 6.07 Å². The monoisotopic (exact) mass is 539 g/mol. The van der Waals surface area contributed by atoms with E-state index in [9.17, 15) is 19.6 Å². The molecule has 1 unspecified atom stereocenters. The van der Waals surface area contributed by atoms with Gasteiger partial charge in [-0.3, -0.25) is 9.59 Å². The summed E-state index contributed by atoms with van der Waals surface area (Å²) in [4.78, 5) is 39.3. The molecule has 0 heterocycles. The van der Waals surface area contributed by atoms with Crippen molar-refractivity contribution in [3.63, 3.8) is 0 Å². The zero-order valence-electron chi connectivity index (χ0n) is 26.3. The summed E-state index contributed by atoms with van der Waals surface area (Å²) < 4.78 is 5.71. The summed E-state index contributed by atoms with van der Waals surface area (Å²) in [6, 6.07) is 2.17. The van der Waals surface area contributed by atoms with Crippen LogP contribution < -0.4 is 0 Å². The van der Waals surface area contributed by atoms with Crippen molar-refractivity contribution in [2.24, 2.45) is 50.7 Å². The van der Waals surface area contributed by atoms with Crippen LogP contribution in [0.5, 0.6) is 0 Å². The lowest BCUT2D eigenvalue weighted by molar-refractivity contribution is -0.167. The minimum Gasteiger partial charge on any atom is -0.466 e. The number of carbonyl (C=O) groups is 3. The van der Waals surface area contributed by atoms with Crippen LogP contribution in [0, 0.1) is 62.1 Å². The number of ether oxygens (including phenoxy) is 1. The number of rotatable bonds is 8. The lowest BCUT2D eigenvalue weighted by Gasteiger charge is -2.63. The molecule has 0 N–H and O–H groups in total. The number of fused-ring (bicyclic) bond motifs is 1. The fourth-order valence-electron chi connectivity index (χ4n) is 9.13. The van der Waals surface area contributed by atoms with Crippen LogP contribution in [-0.4, -0.2) is 24.1 Å². The van der Waals surface area contributed by atoms with Gasteiger partial charge in [0, 0.05) is 12.3 Å². The molecule has 3 aliphatic rings. The summed E-state index contributed by atoms with van der Waals surface area (Å²) in [5.74, 6) is 0.151. The largest absolute Gasteiger partial charge is 0.466 e. The van der Waals surface area contributed by atoms with E-state index in [0.29, 0.717) is 13.0 Å². The highest BCUT2D eigenvalue weighted by Crippen LogP contribution is 2.66. The number of nitriles is 1. The molecule has 7 atom stereocenters. The Kier molecular flexibility index (Phi) is 8.73. The molecule has 5 heteroatoms. The summed E-state index contributed by atoms with van der Waals surface area (Å²) in [5.41, 5.74) is -0.842. The van der Waals surface area contributed by atoms with E-state index in [-0.39, 0.29) is 63.0 Å². The average molecular weight is 540 g/mol. The minimum atomic E-state index is -0.490. The molecule has 0 aromatic carbocycles. The fourth-order valence-corrected chi connectivity index (χ4v) is 9.13. The van der Waals surface area contributed by atoms with Gasteiger partial charge in [-0.15, -0.1) is 0 Å². The lowest BCUT2D eigenvalue weighted by atomic mass is 9.41. The number of hydrogen-bond donors (Lipinski definition) is 0. The van der Waals surface area contributed by atoms with Gasteiger partial charge in [0.05, 0.1) is 17.6 Å². The van der Waals surface area contributed by atoms with Crippen molar-refractivity contribution >= 4 is 17.5 Å². The molecule has 0 aliphatic heterocycles. The summed E-state index contributed by atoms with van der Waals surface area (Å²) in [6.45, 7) is 21.9. The predicted octanol–water partition coefficient (Wildman–Crippen LogP) is 7.88. The number of allylic oxidation sites excluding steroid dienone is 2. The van der Waals surface area contributed by atoms with E-state index in [2.05, 4.69) is 54.5 Å². The molecule has 0 aromatic rings. The first-order valence-electron chi connectivity index (χ1n) is 15.2. The molecule has 218 valence electrons. The van der Waals surface area contributed by atoms with Crippen LogP contribution in [0.1, 0.15) is 121 Å². The van der Waals surface area contributed by atoms with Crippen LogP contribution in [0.3, 0.4) is 0 Å². The van der Waals surface area contributed by atoms with Gasteiger partial charge in [0.25, 0.3) is 0 Å². The van der Waals surface area contributed by atoms with E-state index in [1.165, 1.54) is 0 Å². The molecular weight excluding hydrogens is 486 g/mol. The molecule has 3 rings (SSSR count). The maximum atomic E-state index is 13.6. The molecule has 0 radical (unpaired) electrons. The van der Waals surface area contributed by atoms with Gasteiger partial charge in [0.2, 0.25) is 0 Å². The van der Waals surface area contributed by atoms with Crippen molar-refractivity contribution in [1.29, 1.82) is 5.26 Å². The van der Waals surface area contributed by atoms with Gasteiger partial charge in [-0.25, -0.2) is 0 Å². The molecule has 2 saturated carbocycles. The van der Waals surface area contributed by atoms with Gasteiger partial charge in [-0.2, -0.15) is 5.26 Å². The van der Waals surface area contributed by atoms with Crippen LogP contribution >= 0.6 is 0 Å². The number of ketones is 2. The molecule has 0 bridgehead atoms. The second-order valence-electron chi connectivity index (χ2n) is 15.2. The van der Waals surface area contributed by atoms with Gasteiger partial charge in [-0.05, 0) is 98.2 Å². The fraction of sp³-hybridized carbons (Fsp3) is 0.824. The topological polar surface area (TPSA) is 84.2 Å². The summed E-state index contributed by atoms with van der Waals surface area (Å²) in [7, 11) is 0. The maximum absolute atomic E-state index is 13.6. The third kappa shape index (κ3) is 5.39. The van der Waals surface area contributed by atoms with Gasteiger partial charge >= 0.3 is 5.97 Å². The molecule has 39 heavy (non-hydrogen) atoms. The van der Waals surface area contributed by atoms with E-state index in [1.807, 2.05) is 19.9 Å². The Labute approximate surface area is 237 Å². The number of Topliss-reactive ketones (excluding diaryl/α,β-unsaturated/α-hetero) is 2. The average Bonchev–Trinajstić information content (AvgIpc) is 2.83. The van der Waals surface area contributed by atoms with Gasteiger partial charge < -0.3 is 9.53 Å². The van der Waals surface area contributed by atoms with Gasteiger partial charge in [0.1, 0.15) is 11.9 Å². The van der Waals surface area contributed by atoms with Crippen LogP contribution in [0.25, 0.3) is 0 Å². The van der Waals surface area contributed by atoms with E-state index < -0.39 is 10.8 Å². The third-order valence-electron chi connectivity index (χ3n) is 12.1. The first-order valence-corrected chi connectivity index (χ1v) is 15.2. The minimum absolute atomic E-state index is 0.00333. The molecule has 3 aliphatic carbocycles. The van der Waals surface area contributed by atoms with Crippen LogP contribution in [-0.2, 0) is 19.1 Å². The van der Waals surface area contributed by atoms with E-state index in [1.54, 1.807) is 6.92 Å². The number of carbonyl (C=O) groups excluding carboxylic acids is 3. The maximum Gasteiger partial charge on any atom is 0.312 e. The molecule has 0 amide bonds. The molecule has 2 fully saturated rings. The van der Waals surface area contributed by atoms with Crippen LogP contribution in [0.15, 0.2) is 11.6 Å². The van der Waals surface area contributed by atoms with E-state index in [0.717, 1.165) is 44.9 Å². The number of nitrogens with zero attached hydrogens (tertiary/aromatic N) is 1. The second-order valence-corrected chi connectivity index (χ2v) is 15.2. The summed E-state index contributed by atoms with van der Waals surface area (Å²) in [5, 5.41) is 9.81. The summed E-state index contributed by atoms with van der Waals surface area (Å²) >= 11 is 0. The van der Waals surface area contributed by atoms with Crippen molar-refractivity contribution in [3.05, 3.63) is 11.6 Å². The Morgan fingerprint density at radius 3 is 2.31 bits per heavy atom. The standard InChI is InChI=1S/C34H53NO4/c1-11-39-29(38)34(16-14-30(5,6)19-22(34)2)17-15-31(7,8)33(10)13-12-26-24(4)28(37)25(21-35)20-32(26,9)27(33)18-23(3)36/h20,22,24,26-27H,11-19H2,1-10H3/t22?,24-,26-,27+,32-,33+,34-/m0/s1. The molecule has 5 nitrogen and oxygen atoms in total. The zero-order valence-corrected chi connectivity index (χ0v) is 26.3. The van der Waals surface area contributed by atoms with E-state index in [4.69, 9.17) is 4.74 Å². The Hall–Kier alpha value is -1.96. The Balaban J connectivity index is 2.02. The van der Waals surface area contributed by atoms with Crippen molar-refractivity contribution in [2.75, 3.05) is 6.61 Å². The lowest BCUT2D eigenvalue weighted by Crippen LogP contribution is -2.57. The van der Waals surface area contributed by atoms with Gasteiger partial charge in [0.15, 0.2) is 5.78 Å². The van der Waals surface area contributed by atoms with Gasteiger partial charge in [-0.1, -0.05) is 61.5 Å². The highest BCUT2D eigenvalue weighted by Gasteiger charge is 2.61. The highest BCUT2D eigenvalue weighted by molar-refractivity contribution is 6.01. The zero-order chi connectivity index (χ0) is 29.6. The number of esters is 1. The molecule has 0 aromatic heterocycles. The SMILES string of the molecule is CCOC(=O)[C@]1(CCC(C)(C)[C@]2(C)CC[C@H]3[C@H](C)C(=O)C(C#N)=C[C@]3(C)[C@H]2CC(C)=O)CCC(C)(C)CC1C. The second kappa shape index (κ2) is 10.8. The number of hydrogen-bond acceptors (Lipinski definition) is 5. The molecule has 0 saturated heterocycles. The quantitative estimate of drug-likeness (QED) is 0.293. The predicted molar refractivity (Wildman–Crippen MR) is 154 cm³/mol. The smallest absolute Gasteiger partial charge is 0.312 e. The highest BCUT2D eigenvalue weighted by atomic mass is 16.5. The summed E-state index contributed by atoms with van der Waals surface area (Å²) in [6.07, 6.45) is 8.64. The van der Waals surface area contributed by atoms with Crippen molar-refractivity contribution in [1.82, 2.24) is 0 Å². The Morgan fingerprint density at radius 2 is 1.77 bits per heavy atom. The first-order chi connectivity index (χ1) is 17.9. The van der Waals surface area contributed by atoms with Crippen molar-refractivity contribution < 1.29 is 19.1 Å². The molecular formula is C34H53NO4. The first kappa shape index (κ1) is 31.6.